The van der Waals surface area contributed by atoms with Gasteiger partial charge in [0.15, 0.2) is 6.29 Å². The van der Waals surface area contributed by atoms with Crippen molar-refractivity contribution >= 4 is 5.91 Å². The van der Waals surface area contributed by atoms with Crippen molar-refractivity contribution in [2.75, 3.05) is 13.2 Å². The first-order chi connectivity index (χ1) is 41.8. The predicted molar refractivity (Wildman–Crippen MR) is 364 cm³/mol. The zero-order valence-electron chi connectivity index (χ0n) is 56.4. The molecule has 7 unspecified atom stereocenters. The molecule has 1 saturated heterocycles. The van der Waals surface area contributed by atoms with Crippen molar-refractivity contribution < 1.29 is 39.8 Å². The Morgan fingerprint density at radius 3 is 1.01 bits per heavy atom. The number of hydrogen-bond donors (Lipinski definition) is 6. The van der Waals surface area contributed by atoms with Gasteiger partial charge in [-0.3, -0.25) is 4.79 Å². The van der Waals surface area contributed by atoms with Crippen LogP contribution in [0.1, 0.15) is 386 Å². The molecule has 502 valence electrons. The summed E-state index contributed by atoms with van der Waals surface area (Å²) in [5, 5.41) is 54.9. The van der Waals surface area contributed by atoms with Crippen molar-refractivity contribution in [3.63, 3.8) is 0 Å². The van der Waals surface area contributed by atoms with Crippen LogP contribution in [0.5, 0.6) is 0 Å². The molecule has 0 aromatic carbocycles. The minimum atomic E-state index is -1.57. The number of aliphatic hydroxyl groups is 5. The van der Waals surface area contributed by atoms with Crippen molar-refractivity contribution in [1.29, 1.82) is 0 Å². The standard InChI is InChI=1S/C76H145NO8/c1-3-5-7-9-11-13-15-17-19-21-23-25-27-29-31-33-34-35-36-38-40-42-44-46-48-50-52-54-56-58-60-62-64-66-72(80)77-69(68-84-76-75(83)74(82)73(81)71(67-78)85-76)70(79)65-63-61-59-57-55-53-51-49-47-45-43-41-39-37-32-30-28-26-24-22-20-18-16-14-12-10-8-6-4-2/h15,17,21,23,63,65,69-71,73-76,78-79,81-83H,3-14,16,18-20,22,24-62,64,66-68H2,1-2H3,(H,77,80)/b17-15-,23-21-,65-63+. The summed E-state index contributed by atoms with van der Waals surface area (Å²) in [6.07, 6.45) is 81.3. The number of hydrogen-bond acceptors (Lipinski definition) is 8. The van der Waals surface area contributed by atoms with Gasteiger partial charge < -0.3 is 40.3 Å². The molecular formula is C76H145NO8. The summed E-state index contributed by atoms with van der Waals surface area (Å²) >= 11 is 0. The zero-order chi connectivity index (χ0) is 61.4. The van der Waals surface area contributed by atoms with Gasteiger partial charge in [0.2, 0.25) is 5.91 Å². The SMILES string of the molecule is CCCCCCC/C=C\C/C=C\CCCCCCCCCCCCCCCCCCCCCCCC(=O)NC(COC1OC(CO)C(O)C(O)C1O)C(O)/C=C/CCCCCCCCCCCCCCCCCCCCCCCCCCCCC. The van der Waals surface area contributed by atoms with Gasteiger partial charge in [-0.05, 0) is 51.4 Å². The van der Waals surface area contributed by atoms with Crippen molar-refractivity contribution in [3.8, 4) is 0 Å². The zero-order valence-corrected chi connectivity index (χ0v) is 56.4. The average molecular weight is 1200 g/mol. The molecule has 0 aromatic rings. The van der Waals surface area contributed by atoms with Crippen LogP contribution in [-0.4, -0.2) is 87.5 Å². The number of allylic oxidation sites excluding steroid dienone is 5. The van der Waals surface area contributed by atoms with Crippen LogP contribution in [0.3, 0.4) is 0 Å². The molecule has 1 aliphatic rings. The molecule has 0 bridgehead atoms. The fourth-order valence-corrected chi connectivity index (χ4v) is 12.3. The topological polar surface area (TPSA) is 149 Å². The largest absolute Gasteiger partial charge is 0.394 e. The third kappa shape index (κ3) is 53.9. The summed E-state index contributed by atoms with van der Waals surface area (Å²) in [4.78, 5) is 13.2. The summed E-state index contributed by atoms with van der Waals surface area (Å²) in [6, 6.07) is -0.805. The Hall–Kier alpha value is -1.59. The molecule has 6 N–H and O–H groups in total. The van der Waals surface area contributed by atoms with E-state index < -0.39 is 49.5 Å². The fourth-order valence-electron chi connectivity index (χ4n) is 12.3. The molecule has 1 heterocycles. The van der Waals surface area contributed by atoms with Crippen molar-refractivity contribution in [2.45, 2.75) is 429 Å². The lowest BCUT2D eigenvalue weighted by Crippen LogP contribution is -2.60. The monoisotopic (exact) mass is 1200 g/mol. The van der Waals surface area contributed by atoms with Crippen molar-refractivity contribution in [2.24, 2.45) is 0 Å². The average Bonchev–Trinajstić information content (AvgIpc) is 3.68. The molecule has 1 aliphatic heterocycles. The van der Waals surface area contributed by atoms with E-state index in [-0.39, 0.29) is 12.5 Å². The molecule has 0 radical (unpaired) electrons. The second-order valence-corrected chi connectivity index (χ2v) is 26.4. The van der Waals surface area contributed by atoms with Gasteiger partial charge in [-0.15, -0.1) is 0 Å². The number of aliphatic hydroxyl groups excluding tert-OH is 5. The van der Waals surface area contributed by atoms with E-state index in [1.807, 2.05) is 6.08 Å². The molecule has 85 heavy (non-hydrogen) atoms. The van der Waals surface area contributed by atoms with Gasteiger partial charge in [0, 0.05) is 6.42 Å². The maximum atomic E-state index is 13.2. The van der Waals surface area contributed by atoms with Crippen LogP contribution >= 0.6 is 0 Å². The number of carbonyl (C=O) groups is 1. The maximum absolute atomic E-state index is 13.2. The molecular weight excluding hydrogens is 1050 g/mol. The molecule has 1 amide bonds. The summed E-state index contributed by atoms with van der Waals surface area (Å²) in [5.74, 6) is -0.168. The highest BCUT2D eigenvalue weighted by Gasteiger charge is 2.44. The van der Waals surface area contributed by atoms with E-state index in [1.54, 1.807) is 6.08 Å². The first-order valence-corrected chi connectivity index (χ1v) is 37.7. The Morgan fingerprint density at radius 2 is 0.694 bits per heavy atom. The predicted octanol–water partition coefficient (Wildman–Crippen LogP) is 21.0. The number of unbranched alkanes of at least 4 members (excludes halogenated alkanes) is 53. The van der Waals surface area contributed by atoms with Crippen LogP contribution in [0, 0.1) is 0 Å². The lowest BCUT2D eigenvalue weighted by molar-refractivity contribution is -0.302. The molecule has 9 heteroatoms. The van der Waals surface area contributed by atoms with Gasteiger partial charge in [0.05, 0.1) is 25.4 Å². The first kappa shape index (κ1) is 81.4. The van der Waals surface area contributed by atoms with Crippen molar-refractivity contribution in [3.05, 3.63) is 36.5 Å². The highest BCUT2D eigenvalue weighted by atomic mass is 16.7. The van der Waals surface area contributed by atoms with Crippen LogP contribution in [0.15, 0.2) is 36.5 Å². The van der Waals surface area contributed by atoms with Gasteiger partial charge in [-0.2, -0.15) is 0 Å². The summed E-state index contributed by atoms with van der Waals surface area (Å²) < 4.78 is 11.3. The molecule has 0 aromatic heterocycles. The Labute approximate surface area is 527 Å². The quantitative estimate of drug-likeness (QED) is 0.0261. The number of carbonyl (C=O) groups excluding carboxylic acids is 1. The fraction of sp³-hybridized carbons (Fsp3) is 0.908. The molecule has 9 nitrogen and oxygen atoms in total. The van der Waals surface area contributed by atoms with Gasteiger partial charge >= 0.3 is 0 Å². The van der Waals surface area contributed by atoms with Crippen LogP contribution in [0.25, 0.3) is 0 Å². The number of rotatable bonds is 67. The molecule has 1 rings (SSSR count). The lowest BCUT2D eigenvalue weighted by Gasteiger charge is -2.40. The molecule has 1 fully saturated rings. The van der Waals surface area contributed by atoms with E-state index in [4.69, 9.17) is 9.47 Å². The Balaban J connectivity index is 2.09. The highest BCUT2D eigenvalue weighted by Crippen LogP contribution is 2.24. The van der Waals surface area contributed by atoms with Gasteiger partial charge in [0.25, 0.3) is 0 Å². The smallest absolute Gasteiger partial charge is 0.220 e. The second-order valence-electron chi connectivity index (χ2n) is 26.4. The van der Waals surface area contributed by atoms with E-state index in [0.29, 0.717) is 6.42 Å². The summed E-state index contributed by atoms with van der Waals surface area (Å²) in [5.41, 5.74) is 0. The highest BCUT2D eigenvalue weighted by molar-refractivity contribution is 5.76. The Kier molecular flexibility index (Phi) is 62.6. The van der Waals surface area contributed by atoms with Crippen LogP contribution in [-0.2, 0) is 14.3 Å². The van der Waals surface area contributed by atoms with Gasteiger partial charge in [-0.25, -0.2) is 0 Å². The van der Waals surface area contributed by atoms with Gasteiger partial charge in [-0.1, -0.05) is 365 Å². The third-order valence-corrected chi connectivity index (χ3v) is 18.2. The van der Waals surface area contributed by atoms with E-state index in [1.165, 1.54) is 321 Å². The molecule has 0 saturated carbocycles. The Morgan fingerprint density at radius 1 is 0.400 bits per heavy atom. The van der Waals surface area contributed by atoms with Crippen LogP contribution < -0.4 is 5.32 Å². The second kappa shape index (κ2) is 65.4. The lowest BCUT2D eigenvalue weighted by atomic mass is 9.99. The summed E-state index contributed by atoms with van der Waals surface area (Å²) in [7, 11) is 0. The van der Waals surface area contributed by atoms with Gasteiger partial charge in [0.1, 0.15) is 24.4 Å². The minimum Gasteiger partial charge on any atom is -0.394 e. The normalized spacial score (nSPS) is 18.2. The minimum absolute atomic E-state index is 0.168. The van der Waals surface area contributed by atoms with E-state index in [9.17, 15) is 30.3 Å². The molecule has 0 aliphatic carbocycles. The molecule has 7 atom stereocenters. The number of amides is 1. The Bertz CT molecular complexity index is 1440. The molecule has 0 spiro atoms. The summed E-state index contributed by atoms with van der Waals surface area (Å²) in [6.45, 7) is 3.83. The first-order valence-electron chi connectivity index (χ1n) is 37.7. The van der Waals surface area contributed by atoms with E-state index in [2.05, 4.69) is 43.5 Å². The van der Waals surface area contributed by atoms with E-state index in [0.717, 1.165) is 44.9 Å². The number of ether oxygens (including phenoxy) is 2. The van der Waals surface area contributed by atoms with Crippen LogP contribution in [0.2, 0.25) is 0 Å². The van der Waals surface area contributed by atoms with Crippen LogP contribution in [0.4, 0.5) is 0 Å². The van der Waals surface area contributed by atoms with E-state index >= 15 is 0 Å². The third-order valence-electron chi connectivity index (χ3n) is 18.2. The number of nitrogens with one attached hydrogen (secondary N) is 1. The van der Waals surface area contributed by atoms with Crippen molar-refractivity contribution in [1.82, 2.24) is 5.32 Å². The maximum Gasteiger partial charge on any atom is 0.220 e.